The van der Waals surface area contributed by atoms with E-state index in [1.165, 1.54) is 27.7 Å². The fourth-order valence-corrected chi connectivity index (χ4v) is 2.67. The van der Waals surface area contributed by atoms with Crippen LogP contribution in [0.1, 0.15) is 50.5 Å². The van der Waals surface area contributed by atoms with Crippen molar-refractivity contribution in [1.29, 1.82) is 0 Å². The molecule has 9 nitrogen and oxygen atoms in total. The van der Waals surface area contributed by atoms with Gasteiger partial charge >= 0.3 is 12.1 Å². The summed E-state index contributed by atoms with van der Waals surface area (Å²) < 4.78 is 49.0. The van der Waals surface area contributed by atoms with E-state index >= 15 is 0 Å². The van der Waals surface area contributed by atoms with Gasteiger partial charge < -0.3 is 9.47 Å². The predicted molar refractivity (Wildman–Crippen MR) is 103 cm³/mol. The number of hydrogen-bond acceptors (Lipinski definition) is 8. The van der Waals surface area contributed by atoms with E-state index in [9.17, 15) is 42.5 Å². The van der Waals surface area contributed by atoms with Crippen LogP contribution in [0.5, 0.6) is 0 Å². The molecule has 0 saturated carbocycles. The second-order valence-corrected chi connectivity index (χ2v) is 7.84. The quantitative estimate of drug-likeness (QED) is 0.137. The van der Waals surface area contributed by atoms with E-state index in [-0.39, 0.29) is 19.0 Å². The molecule has 0 heterocycles. The van der Waals surface area contributed by atoms with Gasteiger partial charge in [-0.05, 0) is 46.8 Å². The summed E-state index contributed by atoms with van der Waals surface area (Å²) in [4.78, 5) is 60.4. The Morgan fingerprint density at radius 3 is 2.12 bits per heavy atom. The molecule has 0 saturated heterocycles. The molecule has 2 atom stereocenters. The third-order valence-electron chi connectivity index (χ3n) is 4.11. The summed E-state index contributed by atoms with van der Waals surface area (Å²) >= 11 is 0. The number of carbonyl (C=O) groups is 4. The van der Waals surface area contributed by atoms with E-state index < -0.39 is 62.6 Å². The molecular formula is C20H22F3NO8. The van der Waals surface area contributed by atoms with Gasteiger partial charge in [0.2, 0.25) is 0 Å². The Kier molecular flexibility index (Phi) is 8.02. The van der Waals surface area contributed by atoms with Crippen LogP contribution >= 0.6 is 0 Å². The number of halogens is 3. The molecule has 0 aliphatic heterocycles. The van der Waals surface area contributed by atoms with Crippen LogP contribution in [0, 0.1) is 16.0 Å². The first-order valence-corrected chi connectivity index (χ1v) is 9.25. The van der Waals surface area contributed by atoms with Gasteiger partial charge in [0.1, 0.15) is 5.60 Å². The summed E-state index contributed by atoms with van der Waals surface area (Å²) in [6.07, 6.45) is -4.90. The molecule has 0 bridgehead atoms. The number of nitrogens with zero attached hydrogens (tertiary/aromatic N) is 1. The number of ether oxygens (including phenoxy) is 2. The molecule has 0 aromatic heterocycles. The number of rotatable bonds is 9. The maximum Gasteiger partial charge on any atom is 0.416 e. The molecule has 0 aliphatic rings. The molecule has 0 fully saturated rings. The Balaban J connectivity index is 3.69. The number of nitro benzene ring substituents is 1. The number of Topliss-reactive ketones (excluding diaryl/α,β-unsaturated/α-hetero) is 2. The van der Waals surface area contributed by atoms with Crippen molar-refractivity contribution in [2.75, 3.05) is 6.61 Å². The van der Waals surface area contributed by atoms with E-state index in [1.807, 2.05) is 0 Å². The van der Waals surface area contributed by atoms with Gasteiger partial charge in [0.05, 0.1) is 16.1 Å². The van der Waals surface area contributed by atoms with E-state index in [4.69, 9.17) is 9.47 Å². The largest absolute Gasteiger partial charge is 0.459 e. The third-order valence-corrected chi connectivity index (χ3v) is 4.11. The number of aldehydes is 1. The summed E-state index contributed by atoms with van der Waals surface area (Å²) in [5, 5.41) is 11.4. The Hall–Kier alpha value is -3.15. The Morgan fingerprint density at radius 2 is 1.72 bits per heavy atom. The van der Waals surface area contributed by atoms with E-state index in [1.54, 1.807) is 0 Å². The lowest BCUT2D eigenvalue weighted by atomic mass is 9.84. The van der Waals surface area contributed by atoms with Crippen LogP contribution in [0.2, 0.25) is 0 Å². The number of alkyl halides is 3. The Bertz CT molecular complexity index is 936. The smallest absolute Gasteiger partial charge is 0.416 e. The zero-order valence-electron chi connectivity index (χ0n) is 17.9. The second-order valence-electron chi connectivity index (χ2n) is 7.84. The molecule has 0 spiro atoms. The lowest BCUT2D eigenvalue weighted by Gasteiger charge is -2.28. The Labute approximate surface area is 181 Å². The molecule has 12 heteroatoms. The lowest BCUT2D eigenvalue weighted by Crippen LogP contribution is -2.50. The zero-order chi connectivity index (χ0) is 25.1. The average molecular weight is 461 g/mol. The highest BCUT2D eigenvalue weighted by molar-refractivity contribution is 6.27. The van der Waals surface area contributed by atoms with Gasteiger partial charge in [-0.3, -0.25) is 29.3 Å². The van der Waals surface area contributed by atoms with Gasteiger partial charge in [-0.2, -0.15) is 13.2 Å². The monoisotopic (exact) mass is 461 g/mol. The summed E-state index contributed by atoms with van der Waals surface area (Å²) in [6, 6.07) is 1.01. The molecule has 1 rings (SSSR count). The minimum absolute atomic E-state index is 0.0463. The van der Waals surface area contributed by atoms with Crippen LogP contribution in [0.3, 0.4) is 0 Å². The highest BCUT2D eigenvalue weighted by Crippen LogP contribution is 2.34. The number of esters is 1. The highest BCUT2D eigenvalue weighted by Gasteiger charge is 2.49. The van der Waals surface area contributed by atoms with Crippen LogP contribution < -0.4 is 0 Å². The number of hydrogen-bond donors (Lipinski definition) is 0. The molecular weight excluding hydrogens is 439 g/mol. The topological polar surface area (TPSA) is 130 Å². The lowest BCUT2D eigenvalue weighted by molar-refractivity contribution is -0.385. The van der Waals surface area contributed by atoms with Crippen LogP contribution in [-0.2, 0) is 30.0 Å². The normalized spacial score (nSPS) is 14.8. The minimum Gasteiger partial charge on any atom is -0.459 e. The second kappa shape index (κ2) is 9.55. The number of benzene rings is 1. The van der Waals surface area contributed by atoms with Crippen molar-refractivity contribution in [2.24, 2.45) is 5.92 Å². The first kappa shape index (κ1) is 26.9. The first-order chi connectivity index (χ1) is 14.5. The summed E-state index contributed by atoms with van der Waals surface area (Å²) in [6.45, 7) is 6.49. The van der Waals surface area contributed by atoms with Gasteiger partial charge in [-0.25, -0.2) is 0 Å². The number of carbonyl (C=O) groups excluding carboxylic acids is 4. The van der Waals surface area contributed by atoms with Crippen molar-refractivity contribution in [2.45, 2.75) is 52.0 Å². The summed E-state index contributed by atoms with van der Waals surface area (Å²) in [7, 11) is 0. The molecule has 176 valence electrons. The summed E-state index contributed by atoms with van der Waals surface area (Å²) in [5.74, 6) is -6.71. The maximum atomic E-state index is 13.1. The average Bonchev–Trinajstić information content (AvgIpc) is 2.65. The van der Waals surface area contributed by atoms with Gasteiger partial charge in [-0.1, -0.05) is 0 Å². The van der Waals surface area contributed by atoms with Crippen LogP contribution in [0.15, 0.2) is 18.2 Å². The predicted octanol–water partition coefficient (Wildman–Crippen LogP) is 3.32. The van der Waals surface area contributed by atoms with Crippen molar-refractivity contribution in [3.05, 3.63) is 39.4 Å². The van der Waals surface area contributed by atoms with Gasteiger partial charge in [0.15, 0.2) is 29.4 Å². The SMILES string of the molecule is CCOC(C)(C=O)C(=O)C(C(=O)OC(C)(C)C)C(=O)c1ccc(C(F)(F)F)cc1[N+](=O)[O-]. The van der Waals surface area contributed by atoms with Crippen molar-refractivity contribution in [3.63, 3.8) is 0 Å². The molecule has 1 aromatic rings. The summed E-state index contributed by atoms with van der Waals surface area (Å²) in [5.41, 5.74) is -7.10. The molecule has 32 heavy (non-hydrogen) atoms. The van der Waals surface area contributed by atoms with Crippen molar-refractivity contribution in [3.8, 4) is 0 Å². The van der Waals surface area contributed by atoms with Crippen molar-refractivity contribution >= 4 is 29.5 Å². The van der Waals surface area contributed by atoms with Crippen LogP contribution in [-0.4, -0.2) is 46.6 Å². The molecule has 0 amide bonds. The van der Waals surface area contributed by atoms with Crippen LogP contribution in [0.25, 0.3) is 0 Å². The number of ketones is 2. The highest BCUT2D eigenvalue weighted by atomic mass is 19.4. The van der Waals surface area contributed by atoms with Gasteiger partial charge in [0, 0.05) is 12.7 Å². The molecule has 0 aliphatic carbocycles. The molecule has 0 radical (unpaired) electrons. The zero-order valence-corrected chi connectivity index (χ0v) is 17.9. The standard InChI is InChI=1S/C20H22F3NO8/c1-6-31-19(5,10-25)16(27)14(17(28)32-18(2,3)4)15(26)12-8-7-11(20(21,22)23)9-13(12)24(29)30/h7-10,14H,6H2,1-5H3. The molecule has 2 unspecified atom stereocenters. The maximum absolute atomic E-state index is 13.1. The van der Waals surface area contributed by atoms with E-state index in [0.29, 0.717) is 12.1 Å². The Morgan fingerprint density at radius 1 is 1.16 bits per heavy atom. The fourth-order valence-electron chi connectivity index (χ4n) is 2.67. The van der Waals surface area contributed by atoms with Gasteiger partial charge in [0.25, 0.3) is 5.69 Å². The molecule has 0 N–H and O–H groups in total. The van der Waals surface area contributed by atoms with E-state index in [2.05, 4.69) is 0 Å². The fraction of sp³-hybridized carbons (Fsp3) is 0.500. The first-order valence-electron chi connectivity index (χ1n) is 9.25. The number of nitro groups is 1. The minimum atomic E-state index is -4.95. The van der Waals surface area contributed by atoms with Crippen molar-refractivity contribution < 1.29 is 46.7 Å². The third kappa shape index (κ3) is 6.19. The molecule has 1 aromatic carbocycles. The van der Waals surface area contributed by atoms with Crippen LogP contribution in [0.4, 0.5) is 18.9 Å². The van der Waals surface area contributed by atoms with E-state index in [0.717, 1.165) is 6.92 Å². The van der Waals surface area contributed by atoms with Gasteiger partial charge in [-0.15, -0.1) is 0 Å². The van der Waals surface area contributed by atoms with Crippen molar-refractivity contribution in [1.82, 2.24) is 0 Å².